The van der Waals surface area contributed by atoms with Gasteiger partial charge in [0.1, 0.15) is 0 Å². The summed E-state index contributed by atoms with van der Waals surface area (Å²) in [5, 5.41) is 0. The topological polar surface area (TPSA) is 18.5 Å². The Balaban J connectivity index is 4.59. The monoisotopic (exact) mass is 294 g/mol. The highest BCUT2D eigenvalue weighted by Crippen LogP contribution is 2.21. The Hall–Kier alpha value is 0.531. The molecule has 0 heterocycles. The summed E-state index contributed by atoms with van der Waals surface area (Å²) in [5.74, 6) is 0. The van der Waals surface area contributed by atoms with Crippen LogP contribution in [0.15, 0.2) is 0 Å². The summed E-state index contributed by atoms with van der Waals surface area (Å²) >= 11 is 0. The highest BCUT2D eigenvalue weighted by atomic mass is 28.5. The highest BCUT2D eigenvalue weighted by molar-refractivity contribution is 6.87. The first-order chi connectivity index (χ1) is 7.12. The average Bonchev–Trinajstić information content (AvgIpc) is 1.65. The van der Waals surface area contributed by atoms with Crippen molar-refractivity contribution in [1.29, 1.82) is 0 Å². The molecule has 0 aromatic carbocycles. The van der Waals surface area contributed by atoms with Gasteiger partial charge in [0.2, 0.25) is 8.32 Å². The van der Waals surface area contributed by atoms with Gasteiger partial charge in [-0.15, -0.1) is 0 Å². The van der Waals surface area contributed by atoms with E-state index in [1.54, 1.807) is 0 Å². The van der Waals surface area contributed by atoms with Crippen LogP contribution in [0, 0.1) is 0 Å². The molecule has 3 nitrogen and oxygen atoms in total. The summed E-state index contributed by atoms with van der Waals surface area (Å²) in [6.45, 7) is 15.7. The lowest BCUT2D eigenvalue weighted by atomic mass is 10.8. The van der Waals surface area contributed by atoms with Crippen molar-refractivity contribution in [2.75, 3.05) is 27.3 Å². The molecule has 104 valence electrons. The van der Waals surface area contributed by atoms with E-state index < -0.39 is 25.2 Å². The molecule has 0 saturated heterocycles. The summed E-state index contributed by atoms with van der Waals surface area (Å²) in [5.41, 5.74) is 0. The molecule has 0 aromatic rings. The molecule has 0 bridgehead atoms. The Kier molecular flexibility index (Phi) is 5.42. The molecule has 0 aliphatic rings. The molecule has 0 atom stereocenters. The van der Waals surface area contributed by atoms with Crippen molar-refractivity contribution < 1.29 is 12.7 Å². The number of hydrogen-bond donors (Lipinski definition) is 0. The van der Waals surface area contributed by atoms with Gasteiger partial charge in [-0.2, -0.15) is 0 Å². The van der Waals surface area contributed by atoms with Gasteiger partial charge < -0.3 is 12.7 Å². The van der Waals surface area contributed by atoms with Crippen LogP contribution in [0.3, 0.4) is 0 Å². The molecule has 0 saturated carbocycles. The SMILES string of the molecule is C[N+](C)(C)C[Si](C)(C)O[Si](C)(C)O[Si](C)(C)C. The van der Waals surface area contributed by atoms with Crippen molar-refractivity contribution in [3.8, 4) is 0 Å². The van der Waals surface area contributed by atoms with E-state index in [2.05, 4.69) is 67.0 Å². The number of rotatable bonds is 6. The number of quaternary nitrogens is 1. The van der Waals surface area contributed by atoms with E-state index in [9.17, 15) is 0 Å². The molecule has 0 rings (SSSR count). The predicted molar refractivity (Wildman–Crippen MR) is 83.4 cm³/mol. The van der Waals surface area contributed by atoms with E-state index >= 15 is 0 Å². The fourth-order valence-electron chi connectivity index (χ4n) is 2.60. The van der Waals surface area contributed by atoms with Crippen LogP contribution in [0.1, 0.15) is 0 Å². The fraction of sp³-hybridized carbons (Fsp3) is 1.00. The van der Waals surface area contributed by atoms with Crippen molar-refractivity contribution in [3.63, 3.8) is 0 Å². The van der Waals surface area contributed by atoms with Gasteiger partial charge in [-0.1, -0.05) is 0 Å². The van der Waals surface area contributed by atoms with E-state index in [1.807, 2.05) is 0 Å². The zero-order chi connectivity index (χ0) is 14.1. The minimum absolute atomic E-state index is 0.969. The van der Waals surface area contributed by atoms with Gasteiger partial charge in [-0.05, 0) is 45.8 Å². The second-order valence-corrected chi connectivity index (χ2v) is 20.4. The van der Waals surface area contributed by atoms with Crippen LogP contribution < -0.4 is 0 Å². The molecule has 0 radical (unpaired) electrons. The van der Waals surface area contributed by atoms with E-state index in [-0.39, 0.29) is 0 Å². The first-order valence-electron chi connectivity index (χ1n) is 6.33. The fourth-order valence-corrected chi connectivity index (χ4v) is 16.9. The van der Waals surface area contributed by atoms with Gasteiger partial charge in [0, 0.05) is 0 Å². The van der Waals surface area contributed by atoms with Gasteiger partial charge in [0.25, 0.3) is 0 Å². The lowest BCUT2D eigenvalue weighted by Gasteiger charge is -2.39. The van der Waals surface area contributed by atoms with Crippen LogP contribution in [0.5, 0.6) is 0 Å². The van der Waals surface area contributed by atoms with E-state index in [0.29, 0.717) is 0 Å². The molecule has 17 heavy (non-hydrogen) atoms. The molecule has 0 spiro atoms. The predicted octanol–water partition coefficient (Wildman–Crippen LogP) is 3.01. The standard InChI is InChI=1S/C11H32NO2Si3/c1-12(2,3)11-16(7,8)14-17(9,10)13-15(4,5)6/h11H2,1-10H3/q+1. The average molecular weight is 295 g/mol. The van der Waals surface area contributed by atoms with E-state index in [0.717, 1.165) is 10.7 Å². The lowest BCUT2D eigenvalue weighted by molar-refractivity contribution is -0.860. The third-order valence-corrected chi connectivity index (χ3v) is 12.2. The van der Waals surface area contributed by atoms with Crippen molar-refractivity contribution >= 4 is 25.2 Å². The number of hydrogen-bond acceptors (Lipinski definition) is 2. The van der Waals surface area contributed by atoms with E-state index in [4.69, 9.17) is 8.23 Å². The van der Waals surface area contributed by atoms with Crippen molar-refractivity contribution in [3.05, 3.63) is 0 Å². The maximum atomic E-state index is 6.45. The Bertz CT molecular complexity index is 228. The van der Waals surface area contributed by atoms with Crippen LogP contribution in [0.4, 0.5) is 0 Å². The minimum Gasteiger partial charge on any atom is -0.437 e. The van der Waals surface area contributed by atoms with Gasteiger partial charge in [0.15, 0.2) is 8.32 Å². The van der Waals surface area contributed by atoms with Crippen LogP contribution in [0.25, 0.3) is 0 Å². The molecule has 0 fully saturated rings. The Morgan fingerprint density at radius 1 is 0.765 bits per heavy atom. The smallest absolute Gasteiger partial charge is 0.311 e. The van der Waals surface area contributed by atoms with Crippen LogP contribution in [0.2, 0.25) is 45.8 Å². The molecule has 0 aliphatic heterocycles. The third-order valence-electron chi connectivity index (χ3n) is 1.93. The molecule has 6 heteroatoms. The molecular formula is C11H32NO2Si3+. The zero-order valence-corrected chi connectivity index (χ0v) is 16.5. The Morgan fingerprint density at radius 2 is 1.18 bits per heavy atom. The summed E-state index contributed by atoms with van der Waals surface area (Å²) in [6.07, 6.45) is 1.12. The molecule has 0 aromatic heterocycles. The zero-order valence-electron chi connectivity index (χ0n) is 13.5. The van der Waals surface area contributed by atoms with Crippen LogP contribution in [-0.2, 0) is 8.23 Å². The van der Waals surface area contributed by atoms with Crippen LogP contribution in [-0.4, -0.2) is 57.0 Å². The van der Waals surface area contributed by atoms with Crippen molar-refractivity contribution in [2.45, 2.75) is 45.8 Å². The number of nitrogens with zero attached hydrogens (tertiary/aromatic N) is 1. The normalized spacial score (nSPS) is 15.2. The highest BCUT2D eigenvalue weighted by Gasteiger charge is 2.40. The maximum Gasteiger partial charge on any atom is 0.311 e. The Morgan fingerprint density at radius 3 is 1.47 bits per heavy atom. The van der Waals surface area contributed by atoms with Crippen molar-refractivity contribution in [2.24, 2.45) is 0 Å². The summed E-state index contributed by atoms with van der Waals surface area (Å²) in [4.78, 5) is 0. The third kappa shape index (κ3) is 10.2. The van der Waals surface area contributed by atoms with Crippen molar-refractivity contribution in [1.82, 2.24) is 0 Å². The largest absolute Gasteiger partial charge is 0.437 e. The first-order valence-corrected chi connectivity index (χ1v) is 15.7. The minimum atomic E-state index is -1.96. The lowest BCUT2D eigenvalue weighted by Crippen LogP contribution is -2.58. The molecule has 0 amide bonds. The molecule has 0 N–H and O–H groups in total. The maximum absolute atomic E-state index is 6.45. The second-order valence-electron chi connectivity index (χ2n) is 7.92. The summed E-state index contributed by atoms with van der Waals surface area (Å²) in [7, 11) is 1.58. The van der Waals surface area contributed by atoms with Gasteiger partial charge >= 0.3 is 8.56 Å². The van der Waals surface area contributed by atoms with Gasteiger partial charge in [-0.25, -0.2) is 0 Å². The Labute approximate surface area is 111 Å². The second kappa shape index (κ2) is 5.26. The van der Waals surface area contributed by atoms with Gasteiger partial charge in [-0.3, -0.25) is 0 Å². The first kappa shape index (κ1) is 17.5. The van der Waals surface area contributed by atoms with E-state index in [1.165, 1.54) is 0 Å². The molecule has 0 aliphatic carbocycles. The summed E-state index contributed by atoms with van der Waals surface area (Å²) in [6, 6.07) is 0. The summed E-state index contributed by atoms with van der Waals surface area (Å²) < 4.78 is 13.7. The molecule has 0 unspecified atom stereocenters. The van der Waals surface area contributed by atoms with Gasteiger partial charge in [0.05, 0.1) is 27.3 Å². The molecular weight excluding hydrogens is 262 g/mol. The van der Waals surface area contributed by atoms with Crippen LogP contribution >= 0.6 is 0 Å². The quantitative estimate of drug-likeness (QED) is 0.554.